The minimum absolute atomic E-state index is 0.107. The highest BCUT2D eigenvalue weighted by Gasteiger charge is 2.30. The lowest BCUT2D eigenvalue weighted by atomic mass is 10.0. The van der Waals surface area contributed by atoms with Crippen LogP contribution in [0, 0.1) is 5.92 Å². The van der Waals surface area contributed by atoms with E-state index >= 15 is 0 Å². The molecule has 0 unspecified atom stereocenters. The summed E-state index contributed by atoms with van der Waals surface area (Å²) >= 11 is 12.4. The zero-order valence-corrected chi connectivity index (χ0v) is 29.7. The number of likely N-dealkylation sites (N-methyl/N-ethyl adjacent to an activating group) is 1. The smallest absolute Gasteiger partial charge is 0.261 e. The summed E-state index contributed by atoms with van der Waals surface area (Å²) in [6, 6.07) is 17.8. The van der Waals surface area contributed by atoms with Crippen molar-refractivity contribution in [2.75, 3.05) is 38.1 Å². The van der Waals surface area contributed by atoms with E-state index in [9.17, 15) is 18.3 Å². The van der Waals surface area contributed by atoms with Crippen LogP contribution in [0.4, 0.5) is 5.69 Å². The average molecular weight is 707 g/mol. The lowest BCUT2D eigenvalue weighted by molar-refractivity contribution is -0.0177. The molecule has 9 nitrogen and oxygen atoms in total. The van der Waals surface area contributed by atoms with Crippen molar-refractivity contribution in [3.63, 3.8) is 0 Å². The molecule has 1 amide bonds. The molecule has 12 heteroatoms. The first kappa shape index (κ1) is 37.0. The van der Waals surface area contributed by atoms with E-state index in [0.717, 1.165) is 24.8 Å². The molecule has 0 bridgehead atoms. The summed E-state index contributed by atoms with van der Waals surface area (Å²) in [6.07, 6.45) is 2.04. The monoisotopic (exact) mass is 705 g/mol. The van der Waals surface area contributed by atoms with Gasteiger partial charge in [0.25, 0.3) is 15.9 Å². The molecule has 0 aromatic heterocycles. The number of anilines is 1. The Morgan fingerprint density at radius 2 is 1.79 bits per heavy atom. The number of nitrogens with one attached hydrogen (secondary N) is 1. The fourth-order valence-corrected chi connectivity index (χ4v) is 6.98. The first-order valence-corrected chi connectivity index (χ1v) is 18.2. The van der Waals surface area contributed by atoms with Crippen LogP contribution in [0.3, 0.4) is 0 Å². The van der Waals surface area contributed by atoms with Crippen LogP contribution in [0.5, 0.6) is 5.75 Å². The highest BCUT2D eigenvalue weighted by molar-refractivity contribution is 7.92. The summed E-state index contributed by atoms with van der Waals surface area (Å²) in [5.74, 6) is -0.129. The van der Waals surface area contributed by atoms with Crippen LogP contribution in [0.2, 0.25) is 10.0 Å². The summed E-state index contributed by atoms with van der Waals surface area (Å²) in [5.41, 5.74) is 1.46. The van der Waals surface area contributed by atoms with Crippen molar-refractivity contribution in [3.8, 4) is 5.75 Å². The molecule has 0 saturated carbocycles. The highest BCUT2D eigenvalue weighted by Crippen LogP contribution is 2.30. The molecule has 0 aliphatic carbocycles. The van der Waals surface area contributed by atoms with Crippen molar-refractivity contribution in [2.24, 2.45) is 5.92 Å². The highest BCUT2D eigenvalue weighted by atomic mass is 35.5. The van der Waals surface area contributed by atoms with Crippen molar-refractivity contribution in [2.45, 2.75) is 69.7 Å². The number of amides is 1. The Bertz CT molecular complexity index is 1590. The molecule has 1 aliphatic rings. The number of carbonyl (C=O) groups is 1. The van der Waals surface area contributed by atoms with Gasteiger partial charge in [0.05, 0.1) is 45.4 Å². The number of fused-ring (bicyclic) bond motifs is 1. The van der Waals surface area contributed by atoms with Crippen LogP contribution >= 0.6 is 23.2 Å². The fraction of sp³-hybridized carbons (Fsp3) is 0.457. The lowest BCUT2D eigenvalue weighted by Crippen LogP contribution is -2.47. The van der Waals surface area contributed by atoms with Crippen molar-refractivity contribution in [1.82, 2.24) is 9.80 Å². The Labute approximate surface area is 288 Å². The summed E-state index contributed by atoms with van der Waals surface area (Å²) in [4.78, 5) is 18.2. The van der Waals surface area contributed by atoms with Gasteiger partial charge in [-0.2, -0.15) is 0 Å². The van der Waals surface area contributed by atoms with Gasteiger partial charge in [-0.15, -0.1) is 0 Å². The zero-order chi connectivity index (χ0) is 34.1. The minimum atomic E-state index is -3.90. The molecular formula is C35H45Cl2N3O6S. The van der Waals surface area contributed by atoms with Gasteiger partial charge in [0.2, 0.25) is 0 Å². The molecule has 3 aromatic carbocycles. The van der Waals surface area contributed by atoms with Gasteiger partial charge in [-0.1, -0.05) is 54.4 Å². The molecule has 47 heavy (non-hydrogen) atoms. The quantitative estimate of drug-likeness (QED) is 0.254. The Morgan fingerprint density at radius 3 is 2.49 bits per heavy atom. The maximum absolute atomic E-state index is 14.4. The maximum Gasteiger partial charge on any atom is 0.261 e. The van der Waals surface area contributed by atoms with E-state index < -0.39 is 16.1 Å². The van der Waals surface area contributed by atoms with Gasteiger partial charge >= 0.3 is 0 Å². The molecule has 4 atom stereocenters. The van der Waals surface area contributed by atoms with E-state index in [1.54, 1.807) is 48.2 Å². The molecule has 0 saturated heterocycles. The summed E-state index contributed by atoms with van der Waals surface area (Å²) in [6.45, 7) is 7.59. The average Bonchev–Trinajstić information content (AvgIpc) is 3.04. The predicted molar refractivity (Wildman–Crippen MR) is 187 cm³/mol. The van der Waals surface area contributed by atoms with Gasteiger partial charge in [-0.3, -0.25) is 14.4 Å². The van der Waals surface area contributed by atoms with E-state index in [4.69, 9.17) is 32.7 Å². The molecular weight excluding hydrogens is 661 g/mol. The second-order valence-corrected chi connectivity index (χ2v) is 14.9. The van der Waals surface area contributed by atoms with Gasteiger partial charge < -0.3 is 19.5 Å². The predicted octanol–water partition coefficient (Wildman–Crippen LogP) is 6.72. The molecule has 2 N–H and O–H groups in total. The summed E-state index contributed by atoms with van der Waals surface area (Å²) in [7, 11) is -1.89. The lowest BCUT2D eigenvalue weighted by Gasteiger charge is -2.36. The number of aliphatic hydroxyl groups is 1. The van der Waals surface area contributed by atoms with Crippen molar-refractivity contribution >= 4 is 44.8 Å². The van der Waals surface area contributed by atoms with Crippen LogP contribution in [-0.4, -0.2) is 80.8 Å². The third-order valence-electron chi connectivity index (χ3n) is 8.29. The number of aliphatic hydroxyl groups excluding tert-OH is 1. The van der Waals surface area contributed by atoms with Gasteiger partial charge in [0.1, 0.15) is 5.75 Å². The maximum atomic E-state index is 14.4. The molecule has 1 aliphatic heterocycles. The number of ether oxygens (including phenoxy) is 2. The minimum Gasteiger partial charge on any atom is -0.490 e. The van der Waals surface area contributed by atoms with Gasteiger partial charge in [0, 0.05) is 37.8 Å². The Hall–Kier alpha value is -2.86. The Morgan fingerprint density at radius 1 is 1.04 bits per heavy atom. The van der Waals surface area contributed by atoms with Crippen LogP contribution in [-0.2, 0) is 21.3 Å². The van der Waals surface area contributed by atoms with Crippen molar-refractivity contribution < 1.29 is 27.8 Å². The fourth-order valence-electron chi connectivity index (χ4n) is 5.58. The topological polar surface area (TPSA) is 108 Å². The van der Waals surface area contributed by atoms with E-state index in [-0.39, 0.29) is 46.8 Å². The number of nitrogens with zero attached hydrogens (tertiary/aromatic N) is 2. The number of rotatable bonds is 9. The van der Waals surface area contributed by atoms with Gasteiger partial charge in [0.15, 0.2) is 0 Å². The molecule has 4 rings (SSSR count). The van der Waals surface area contributed by atoms with Crippen LogP contribution < -0.4 is 9.46 Å². The van der Waals surface area contributed by atoms with Crippen LogP contribution in [0.25, 0.3) is 0 Å². The third kappa shape index (κ3) is 10.3. The Kier molecular flexibility index (Phi) is 13.4. The summed E-state index contributed by atoms with van der Waals surface area (Å²) < 4.78 is 41.5. The number of halogens is 2. The molecule has 0 spiro atoms. The SMILES string of the molecule is C[C@@H]1CCCCO[C@@H](CN(C)Cc2ccc(Cl)c(Cl)c2)[C@H](C)CN([C@@H](C)CO)C(=O)c2cc(NS(=O)(=O)c3ccccc3)ccc2O1. The molecule has 0 radical (unpaired) electrons. The molecule has 3 aromatic rings. The second-order valence-electron chi connectivity index (χ2n) is 12.4. The Balaban J connectivity index is 1.63. The largest absolute Gasteiger partial charge is 0.490 e. The van der Waals surface area contributed by atoms with E-state index in [0.29, 0.717) is 42.0 Å². The normalized spacial score (nSPS) is 20.6. The standard InChI is InChI=1S/C35H45Cl2N3O6S/c1-24-20-40(25(2)23-41)35(42)30-19-28(38-47(43,44)29-11-6-5-7-12-29)14-16-33(30)46-26(3)10-8-9-17-45-34(24)22-39(4)21-27-13-15-31(36)32(37)18-27/h5-7,11-16,18-19,24-26,34,38,41H,8-10,17,20-23H2,1-4H3/t24-,25+,26-,34+/m1/s1. The van der Waals surface area contributed by atoms with Gasteiger partial charge in [-0.25, -0.2) is 8.42 Å². The molecule has 0 fully saturated rings. The number of hydrogen-bond donors (Lipinski definition) is 2. The number of sulfonamides is 1. The van der Waals surface area contributed by atoms with Crippen LogP contribution in [0.1, 0.15) is 56.0 Å². The van der Waals surface area contributed by atoms with Crippen molar-refractivity contribution in [1.29, 1.82) is 0 Å². The van der Waals surface area contributed by atoms with Crippen molar-refractivity contribution in [3.05, 3.63) is 87.9 Å². The zero-order valence-electron chi connectivity index (χ0n) is 27.4. The van der Waals surface area contributed by atoms with Crippen LogP contribution in [0.15, 0.2) is 71.6 Å². The van der Waals surface area contributed by atoms with E-state index in [1.807, 2.05) is 33.0 Å². The van der Waals surface area contributed by atoms with E-state index in [2.05, 4.69) is 9.62 Å². The number of hydrogen-bond acceptors (Lipinski definition) is 7. The third-order valence-corrected chi connectivity index (χ3v) is 10.4. The number of carbonyl (C=O) groups excluding carboxylic acids is 1. The second kappa shape index (κ2) is 17.0. The van der Waals surface area contributed by atoms with Gasteiger partial charge in [-0.05, 0) is 88.2 Å². The molecule has 256 valence electrons. The summed E-state index contributed by atoms with van der Waals surface area (Å²) in [5, 5.41) is 11.2. The number of benzene rings is 3. The first-order valence-electron chi connectivity index (χ1n) is 15.9. The molecule has 1 heterocycles. The first-order chi connectivity index (χ1) is 22.4. The van der Waals surface area contributed by atoms with E-state index in [1.165, 1.54) is 18.2 Å².